The van der Waals surface area contributed by atoms with Crippen molar-refractivity contribution < 1.29 is 0 Å². The summed E-state index contributed by atoms with van der Waals surface area (Å²) < 4.78 is 0. The number of hydrogen-bond donors (Lipinski definition) is 0. The molecule has 0 aromatic heterocycles. The maximum Gasteiger partial charge on any atom is -0.00141 e. The van der Waals surface area contributed by atoms with Crippen molar-refractivity contribution in [2.75, 3.05) is 0 Å². The highest BCUT2D eigenvalue weighted by molar-refractivity contribution is 5.92. The third kappa shape index (κ3) is 5.61. The van der Waals surface area contributed by atoms with E-state index < -0.39 is 0 Å². The Labute approximate surface area is 234 Å². The summed E-state index contributed by atoms with van der Waals surface area (Å²) in [7, 11) is 0. The maximum atomic E-state index is 2.44. The molecule has 4 rings (SSSR count). The Morgan fingerprint density at radius 1 is 0.395 bits per heavy atom. The van der Waals surface area contributed by atoms with E-state index in [9.17, 15) is 0 Å². The molecule has 0 amide bonds. The van der Waals surface area contributed by atoms with Crippen molar-refractivity contribution in [2.45, 2.75) is 144 Å². The van der Waals surface area contributed by atoms with Crippen LogP contribution in [0, 0.1) is 0 Å². The second kappa shape index (κ2) is 13.8. The van der Waals surface area contributed by atoms with Crippen LogP contribution < -0.4 is 0 Å². The van der Waals surface area contributed by atoms with Crippen molar-refractivity contribution >= 4 is 10.8 Å². The first kappa shape index (κ1) is 28.9. The molecule has 38 heavy (non-hydrogen) atoms. The smallest absolute Gasteiger partial charge is 0.00141 e. The van der Waals surface area contributed by atoms with Gasteiger partial charge in [-0.1, -0.05) is 104 Å². The third-order valence-electron chi connectivity index (χ3n) is 9.12. The van der Waals surface area contributed by atoms with Crippen LogP contribution in [0.1, 0.15) is 149 Å². The molecule has 1 aliphatic rings. The number of unbranched alkanes of at least 4 members (excludes halogenated alkanes) is 2. The fourth-order valence-corrected chi connectivity index (χ4v) is 7.48. The molecule has 0 saturated heterocycles. The molecule has 0 heteroatoms. The Hall–Kier alpha value is -2.08. The molecule has 3 aromatic rings. The lowest BCUT2D eigenvalue weighted by atomic mass is 9.71. The summed E-state index contributed by atoms with van der Waals surface area (Å²) in [4.78, 5) is 0. The van der Waals surface area contributed by atoms with Gasteiger partial charge in [0.25, 0.3) is 0 Å². The fourth-order valence-electron chi connectivity index (χ4n) is 7.48. The molecule has 0 unspecified atom stereocenters. The molecule has 0 aliphatic heterocycles. The molecule has 3 aromatic carbocycles. The van der Waals surface area contributed by atoms with E-state index in [1.165, 1.54) is 103 Å². The Balaban J connectivity index is 2.05. The van der Waals surface area contributed by atoms with Gasteiger partial charge >= 0.3 is 0 Å². The molecule has 0 bridgehead atoms. The van der Waals surface area contributed by atoms with Crippen LogP contribution in [0.4, 0.5) is 0 Å². The van der Waals surface area contributed by atoms with Crippen LogP contribution in [0.15, 0.2) is 24.3 Å². The average Bonchev–Trinajstić information content (AvgIpc) is 2.93. The van der Waals surface area contributed by atoms with Crippen LogP contribution in [0.25, 0.3) is 10.8 Å². The fraction of sp³-hybridized carbons (Fsp3) is 0.579. The first-order valence-corrected chi connectivity index (χ1v) is 16.4. The van der Waals surface area contributed by atoms with Crippen LogP contribution in [-0.4, -0.2) is 0 Å². The molecular weight excluding hydrogens is 456 g/mol. The predicted molar refractivity (Wildman–Crippen MR) is 169 cm³/mol. The summed E-state index contributed by atoms with van der Waals surface area (Å²) in [6.07, 6.45) is 19.9. The van der Waals surface area contributed by atoms with Crippen LogP contribution in [0.2, 0.25) is 0 Å². The van der Waals surface area contributed by atoms with E-state index in [1.54, 1.807) is 66.4 Å². The van der Waals surface area contributed by atoms with Gasteiger partial charge in [-0.15, -0.1) is 0 Å². The molecule has 0 spiro atoms. The number of benzene rings is 3. The summed E-state index contributed by atoms with van der Waals surface area (Å²) in [6.45, 7) is 14.2. The summed E-state index contributed by atoms with van der Waals surface area (Å²) in [5.74, 6) is 0. The lowest BCUT2D eigenvalue weighted by Crippen LogP contribution is -2.21. The summed E-state index contributed by atoms with van der Waals surface area (Å²) in [6, 6.07) is 9.44. The van der Waals surface area contributed by atoms with Gasteiger partial charge in [-0.25, -0.2) is 0 Å². The first-order chi connectivity index (χ1) is 18.6. The van der Waals surface area contributed by atoms with E-state index >= 15 is 0 Å². The second-order valence-electron chi connectivity index (χ2n) is 11.9. The zero-order chi connectivity index (χ0) is 27.1. The Kier molecular flexibility index (Phi) is 10.5. The largest absolute Gasteiger partial charge is 0.0654 e. The van der Waals surface area contributed by atoms with E-state index in [2.05, 4.69) is 65.8 Å². The molecule has 1 aliphatic carbocycles. The predicted octanol–water partition coefficient (Wildman–Crippen LogP) is 10.8. The van der Waals surface area contributed by atoms with E-state index in [-0.39, 0.29) is 0 Å². The van der Waals surface area contributed by atoms with Gasteiger partial charge in [0, 0.05) is 0 Å². The van der Waals surface area contributed by atoms with Crippen molar-refractivity contribution in [3.05, 3.63) is 79.9 Å². The van der Waals surface area contributed by atoms with Gasteiger partial charge in [-0.2, -0.15) is 0 Å². The Morgan fingerprint density at radius 2 is 0.737 bits per heavy atom. The lowest BCUT2D eigenvalue weighted by molar-refractivity contribution is 0.754. The normalized spacial score (nSPS) is 12.7. The van der Waals surface area contributed by atoms with Gasteiger partial charge in [0.1, 0.15) is 0 Å². The van der Waals surface area contributed by atoms with E-state index in [0.717, 1.165) is 0 Å². The summed E-state index contributed by atoms with van der Waals surface area (Å²) in [5.41, 5.74) is 17.3. The standard InChI is InChI=1S/C38H54/c1-7-13-21-33-31-23-15-16-24-32(31)34(22-14-8-2)38-26-36-30(20-12-6)28(18-10-4)27(17-9-3)29(19-11-5)35(36)25-37(33)38/h15-16,23-24H,7-14,17-22,25-26H2,1-6H3. The minimum absolute atomic E-state index is 1.17. The first-order valence-electron chi connectivity index (χ1n) is 16.4. The van der Waals surface area contributed by atoms with Gasteiger partial charge in [0.05, 0.1) is 0 Å². The number of aryl methyl sites for hydroxylation is 2. The minimum atomic E-state index is 1.17. The monoisotopic (exact) mass is 510 g/mol. The van der Waals surface area contributed by atoms with Crippen molar-refractivity contribution in [3.8, 4) is 0 Å². The lowest BCUT2D eigenvalue weighted by Gasteiger charge is -2.34. The van der Waals surface area contributed by atoms with Gasteiger partial charge < -0.3 is 0 Å². The average molecular weight is 511 g/mol. The van der Waals surface area contributed by atoms with Gasteiger partial charge in [0.2, 0.25) is 0 Å². The van der Waals surface area contributed by atoms with E-state index in [1.807, 2.05) is 0 Å². The van der Waals surface area contributed by atoms with Crippen LogP contribution >= 0.6 is 0 Å². The second-order valence-corrected chi connectivity index (χ2v) is 11.9. The molecule has 0 nitrogen and oxygen atoms in total. The molecule has 0 heterocycles. The maximum absolute atomic E-state index is 2.44. The van der Waals surface area contributed by atoms with Crippen LogP contribution in [0.5, 0.6) is 0 Å². The van der Waals surface area contributed by atoms with E-state index in [4.69, 9.17) is 0 Å². The SMILES string of the molecule is CCCCc1c2c(c(CCCC)c3ccccc13)Cc1c(CCC)c(CCC)c(CCC)c(CCC)c1C2. The van der Waals surface area contributed by atoms with Crippen LogP contribution in [0.3, 0.4) is 0 Å². The van der Waals surface area contributed by atoms with Crippen molar-refractivity contribution in [1.82, 2.24) is 0 Å². The van der Waals surface area contributed by atoms with Crippen molar-refractivity contribution in [2.24, 2.45) is 0 Å². The quantitative estimate of drug-likeness (QED) is 0.158. The van der Waals surface area contributed by atoms with Gasteiger partial charge in [-0.3, -0.25) is 0 Å². The van der Waals surface area contributed by atoms with Gasteiger partial charge in [-0.05, 0) is 131 Å². The topological polar surface area (TPSA) is 0 Å². The molecule has 206 valence electrons. The number of rotatable bonds is 14. The molecule has 0 atom stereocenters. The highest BCUT2D eigenvalue weighted by atomic mass is 14.3. The third-order valence-corrected chi connectivity index (χ3v) is 9.12. The number of fused-ring (bicyclic) bond motifs is 3. The highest BCUT2D eigenvalue weighted by Gasteiger charge is 2.30. The van der Waals surface area contributed by atoms with E-state index in [0.29, 0.717) is 0 Å². The Bertz CT molecular complexity index is 1130. The molecule has 0 N–H and O–H groups in total. The molecular formula is C38H54. The summed E-state index contributed by atoms with van der Waals surface area (Å²) >= 11 is 0. The zero-order valence-corrected chi connectivity index (χ0v) is 25.6. The van der Waals surface area contributed by atoms with Gasteiger partial charge in [0.15, 0.2) is 0 Å². The molecule has 0 fully saturated rings. The number of hydrogen-bond acceptors (Lipinski definition) is 0. The minimum Gasteiger partial charge on any atom is -0.0654 e. The van der Waals surface area contributed by atoms with Crippen LogP contribution in [-0.2, 0) is 51.4 Å². The van der Waals surface area contributed by atoms with Crippen molar-refractivity contribution in [3.63, 3.8) is 0 Å². The molecule has 0 saturated carbocycles. The summed E-state index contributed by atoms with van der Waals surface area (Å²) in [5, 5.41) is 3.10. The highest BCUT2D eigenvalue weighted by Crippen LogP contribution is 2.43. The molecule has 0 radical (unpaired) electrons. The van der Waals surface area contributed by atoms with Crippen molar-refractivity contribution in [1.29, 1.82) is 0 Å². The zero-order valence-electron chi connectivity index (χ0n) is 25.6. The Morgan fingerprint density at radius 3 is 1.08 bits per heavy atom.